The van der Waals surface area contributed by atoms with Gasteiger partial charge in [-0.3, -0.25) is 19.9 Å². The van der Waals surface area contributed by atoms with Gasteiger partial charge in [-0.15, -0.1) is 0 Å². The van der Waals surface area contributed by atoms with Crippen molar-refractivity contribution in [2.75, 3.05) is 6.61 Å². The maximum absolute atomic E-state index is 11.7. The van der Waals surface area contributed by atoms with Gasteiger partial charge in [-0.2, -0.15) is 0 Å². The second-order valence-corrected chi connectivity index (χ2v) is 6.58. The molecule has 3 heterocycles. The standard InChI is InChI=1S/C19H14N2O4S/c1-2-24-13-5-3-11(4-6-13)15-10-20-9-12-7-14(25-17(12)15)8-16-18(22)21-19(23)26-16/h3-10H,2H2,1H3,(H,21,22,23)/b16-8+. The van der Waals surface area contributed by atoms with Crippen molar-refractivity contribution in [1.29, 1.82) is 0 Å². The Balaban J connectivity index is 1.73. The van der Waals surface area contributed by atoms with Crippen LogP contribution in [0, 0.1) is 0 Å². The molecule has 0 saturated carbocycles. The number of ether oxygens (including phenoxy) is 1. The lowest BCUT2D eigenvalue weighted by molar-refractivity contribution is -0.115. The van der Waals surface area contributed by atoms with Gasteiger partial charge in [0.2, 0.25) is 0 Å². The number of nitrogens with one attached hydrogen (secondary N) is 1. The summed E-state index contributed by atoms with van der Waals surface area (Å²) in [7, 11) is 0. The third-order valence-corrected chi connectivity index (χ3v) is 4.64. The van der Waals surface area contributed by atoms with Crippen LogP contribution < -0.4 is 10.1 Å². The van der Waals surface area contributed by atoms with E-state index in [9.17, 15) is 9.59 Å². The molecule has 1 aromatic carbocycles. The van der Waals surface area contributed by atoms with Crippen molar-refractivity contribution in [2.24, 2.45) is 0 Å². The van der Waals surface area contributed by atoms with Crippen LogP contribution in [-0.2, 0) is 4.79 Å². The number of fused-ring (bicyclic) bond motifs is 1. The summed E-state index contributed by atoms with van der Waals surface area (Å²) in [6.07, 6.45) is 5.00. The number of thioether (sulfide) groups is 1. The lowest BCUT2D eigenvalue weighted by atomic mass is 10.1. The number of hydrogen-bond donors (Lipinski definition) is 1. The summed E-state index contributed by atoms with van der Waals surface area (Å²) in [5, 5.41) is 2.66. The molecule has 2 amide bonds. The van der Waals surface area contributed by atoms with Crippen molar-refractivity contribution in [3.05, 3.63) is 53.4 Å². The smallest absolute Gasteiger partial charge is 0.290 e. The summed E-state index contributed by atoms with van der Waals surface area (Å²) in [6, 6.07) is 9.48. The average Bonchev–Trinajstić information content (AvgIpc) is 3.18. The van der Waals surface area contributed by atoms with Crippen molar-refractivity contribution in [3.8, 4) is 16.9 Å². The Labute approximate surface area is 153 Å². The zero-order valence-corrected chi connectivity index (χ0v) is 14.6. The highest BCUT2D eigenvalue weighted by Crippen LogP contribution is 2.33. The van der Waals surface area contributed by atoms with Gasteiger partial charge in [-0.25, -0.2) is 0 Å². The third-order valence-electron chi connectivity index (χ3n) is 3.83. The fourth-order valence-corrected chi connectivity index (χ4v) is 3.37. The van der Waals surface area contributed by atoms with E-state index in [2.05, 4.69) is 10.3 Å². The van der Waals surface area contributed by atoms with Crippen molar-refractivity contribution in [3.63, 3.8) is 0 Å². The van der Waals surface area contributed by atoms with Crippen LogP contribution in [0.25, 0.3) is 28.2 Å². The number of amides is 2. The number of rotatable bonds is 4. The molecule has 6 nitrogen and oxygen atoms in total. The number of benzene rings is 1. The Bertz CT molecular complexity index is 1040. The van der Waals surface area contributed by atoms with Crippen molar-refractivity contribution >= 4 is 40.0 Å². The molecule has 130 valence electrons. The van der Waals surface area contributed by atoms with Crippen LogP contribution in [0.5, 0.6) is 5.75 Å². The number of furan rings is 1. The topological polar surface area (TPSA) is 81.4 Å². The zero-order chi connectivity index (χ0) is 18.1. The lowest BCUT2D eigenvalue weighted by Crippen LogP contribution is -2.17. The molecular formula is C19H14N2O4S. The van der Waals surface area contributed by atoms with Crippen molar-refractivity contribution in [1.82, 2.24) is 10.3 Å². The summed E-state index contributed by atoms with van der Waals surface area (Å²) in [6.45, 7) is 2.55. The second-order valence-electron chi connectivity index (χ2n) is 5.56. The summed E-state index contributed by atoms with van der Waals surface area (Å²) in [4.78, 5) is 27.5. The van der Waals surface area contributed by atoms with E-state index >= 15 is 0 Å². The molecule has 2 aromatic heterocycles. The van der Waals surface area contributed by atoms with Crippen LogP contribution in [0.3, 0.4) is 0 Å². The van der Waals surface area contributed by atoms with Gasteiger partial charge < -0.3 is 9.15 Å². The van der Waals surface area contributed by atoms with Gasteiger partial charge in [-0.1, -0.05) is 12.1 Å². The van der Waals surface area contributed by atoms with Gasteiger partial charge in [0.25, 0.3) is 11.1 Å². The molecule has 7 heteroatoms. The minimum atomic E-state index is -0.412. The average molecular weight is 366 g/mol. The highest BCUT2D eigenvalue weighted by Gasteiger charge is 2.25. The van der Waals surface area contributed by atoms with Crippen LogP contribution in [0.1, 0.15) is 12.7 Å². The third kappa shape index (κ3) is 3.09. The Morgan fingerprint density at radius 1 is 1.23 bits per heavy atom. The fourth-order valence-electron chi connectivity index (χ4n) is 2.71. The molecule has 0 radical (unpaired) electrons. The molecule has 1 aliphatic heterocycles. The van der Waals surface area contributed by atoms with E-state index in [1.807, 2.05) is 31.2 Å². The van der Waals surface area contributed by atoms with Crippen LogP contribution in [-0.4, -0.2) is 22.7 Å². The van der Waals surface area contributed by atoms with Crippen LogP contribution >= 0.6 is 11.8 Å². The van der Waals surface area contributed by atoms with Crippen LogP contribution in [0.2, 0.25) is 0 Å². The van der Waals surface area contributed by atoms with Gasteiger partial charge in [0.1, 0.15) is 17.1 Å². The number of imide groups is 1. The zero-order valence-electron chi connectivity index (χ0n) is 13.8. The summed E-state index contributed by atoms with van der Waals surface area (Å²) in [5.41, 5.74) is 2.46. The molecule has 3 aromatic rings. The predicted molar refractivity (Wildman–Crippen MR) is 99.7 cm³/mol. The Hall–Kier alpha value is -3.06. The van der Waals surface area contributed by atoms with Gasteiger partial charge in [0, 0.05) is 29.4 Å². The van der Waals surface area contributed by atoms with E-state index in [-0.39, 0.29) is 5.24 Å². The Morgan fingerprint density at radius 3 is 2.73 bits per heavy atom. The van der Waals surface area contributed by atoms with E-state index in [1.165, 1.54) is 0 Å². The molecule has 1 fully saturated rings. The first-order valence-corrected chi connectivity index (χ1v) is 8.81. The highest BCUT2D eigenvalue weighted by molar-refractivity contribution is 8.18. The Morgan fingerprint density at radius 2 is 2.04 bits per heavy atom. The van der Waals surface area contributed by atoms with Gasteiger partial charge in [0.05, 0.1) is 11.5 Å². The summed E-state index contributed by atoms with van der Waals surface area (Å²) >= 11 is 0.857. The molecule has 1 saturated heterocycles. The number of carbonyl (C=O) groups excluding carboxylic acids is 2. The maximum atomic E-state index is 11.7. The molecule has 0 aliphatic carbocycles. The molecule has 0 atom stereocenters. The minimum Gasteiger partial charge on any atom is -0.494 e. The summed E-state index contributed by atoms with van der Waals surface area (Å²) in [5.74, 6) is 0.882. The number of aromatic nitrogens is 1. The largest absolute Gasteiger partial charge is 0.494 e. The minimum absolute atomic E-state index is 0.310. The van der Waals surface area contributed by atoms with E-state index in [4.69, 9.17) is 9.15 Å². The maximum Gasteiger partial charge on any atom is 0.290 e. The van der Waals surface area contributed by atoms with E-state index in [0.717, 1.165) is 34.0 Å². The SMILES string of the molecule is CCOc1ccc(-c2cncc3cc(/C=C4/SC(=O)NC4=O)oc23)cc1. The fraction of sp³-hybridized carbons (Fsp3) is 0.105. The van der Waals surface area contributed by atoms with E-state index < -0.39 is 5.91 Å². The van der Waals surface area contributed by atoms with Gasteiger partial charge >= 0.3 is 0 Å². The normalized spacial score (nSPS) is 15.7. The first-order valence-electron chi connectivity index (χ1n) is 7.99. The molecule has 0 unspecified atom stereocenters. The van der Waals surface area contributed by atoms with Gasteiger partial charge in [0.15, 0.2) is 0 Å². The predicted octanol–water partition coefficient (Wildman–Crippen LogP) is 4.22. The van der Waals surface area contributed by atoms with E-state index in [1.54, 1.807) is 24.5 Å². The molecule has 0 bridgehead atoms. The molecule has 0 spiro atoms. The number of pyridine rings is 1. The monoisotopic (exact) mass is 366 g/mol. The van der Waals surface area contributed by atoms with Crippen LogP contribution in [0.15, 0.2) is 52.0 Å². The molecule has 1 aliphatic rings. The highest BCUT2D eigenvalue weighted by atomic mass is 32.2. The first-order chi connectivity index (χ1) is 12.6. The molecule has 4 rings (SSSR count). The van der Waals surface area contributed by atoms with Gasteiger partial charge in [-0.05, 0) is 42.4 Å². The number of hydrogen-bond acceptors (Lipinski definition) is 6. The van der Waals surface area contributed by atoms with Crippen molar-refractivity contribution in [2.45, 2.75) is 6.92 Å². The molecule has 1 N–H and O–H groups in total. The van der Waals surface area contributed by atoms with Crippen molar-refractivity contribution < 1.29 is 18.7 Å². The summed E-state index contributed by atoms with van der Waals surface area (Å²) < 4.78 is 11.4. The Kier molecular flexibility index (Phi) is 4.22. The van der Waals surface area contributed by atoms with E-state index in [0.29, 0.717) is 22.9 Å². The quantitative estimate of drug-likeness (QED) is 0.696. The second kappa shape index (κ2) is 6.68. The lowest BCUT2D eigenvalue weighted by Gasteiger charge is -2.05. The molecule has 26 heavy (non-hydrogen) atoms. The number of nitrogens with zero attached hydrogens (tertiary/aromatic N) is 1. The molecular weight excluding hydrogens is 352 g/mol. The first kappa shape index (κ1) is 16.4. The number of carbonyl (C=O) groups is 2. The van der Waals surface area contributed by atoms with Crippen LogP contribution in [0.4, 0.5) is 4.79 Å².